The number of carbonyl (C=O) groups is 4. The van der Waals surface area contributed by atoms with Crippen molar-refractivity contribution < 1.29 is 29.0 Å². The van der Waals surface area contributed by atoms with Gasteiger partial charge in [-0.2, -0.15) is 0 Å². The Morgan fingerprint density at radius 2 is 1.00 bits per heavy atom. The number of aliphatic hydroxyl groups excluding tert-OH is 1. The molecule has 0 heterocycles. The van der Waals surface area contributed by atoms with E-state index in [1.807, 2.05) is 65.8 Å². The molecular formula is C38H70N4O6. The van der Waals surface area contributed by atoms with Crippen LogP contribution in [0.5, 0.6) is 0 Å². The van der Waals surface area contributed by atoms with Crippen molar-refractivity contribution in [2.24, 2.45) is 21.7 Å². The highest BCUT2D eigenvalue weighted by molar-refractivity contribution is 5.88. The Morgan fingerprint density at radius 3 is 1.31 bits per heavy atom. The van der Waals surface area contributed by atoms with Crippen LogP contribution in [0.2, 0.25) is 0 Å². The van der Waals surface area contributed by atoms with Gasteiger partial charge < -0.3 is 30.7 Å². The molecule has 0 radical (unpaired) electrons. The maximum Gasteiger partial charge on any atom is 0.245 e. The standard InChI is InChI=1S/C10H19NO2.C10H17NO.C9H17NO2.C9H17NO/c1-10(2,3)6-5-9(12)11-7-8-13-4;1-10(2,3)7-6-9(12)11-8-4-5-8;1-9(2,3)5-4-8(12)10-6-7-11;1-9(2,3)7-6-8(11)10(4)5/h5-6H,7-8H2,1-4H3,(H,11,12);6-8H,4-5H2,1-3H3,(H,11,12);4-5,11H,6-7H2,1-3H3,(H,10,12);6-7H,1-5H3/b6-5+;7-6+;5-4+;7-6+. The molecule has 4 amide bonds. The Balaban J connectivity index is -0.000000563. The van der Waals surface area contributed by atoms with E-state index in [0.717, 1.165) is 12.8 Å². The van der Waals surface area contributed by atoms with Crippen LogP contribution in [0.3, 0.4) is 0 Å². The van der Waals surface area contributed by atoms with Crippen LogP contribution in [-0.4, -0.2) is 87.2 Å². The van der Waals surface area contributed by atoms with Crippen LogP contribution in [-0.2, 0) is 23.9 Å². The van der Waals surface area contributed by atoms with Crippen LogP contribution in [0.1, 0.15) is 95.9 Å². The Kier molecular flexibility index (Phi) is 25.4. The third-order valence-electron chi connectivity index (χ3n) is 5.31. The predicted molar refractivity (Wildman–Crippen MR) is 199 cm³/mol. The van der Waals surface area contributed by atoms with Crippen molar-refractivity contribution in [2.45, 2.75) is 102 Å². The van der Waals surface area contributed by atoms with Gasteiger partial charge in [-0.05, 0) is 58.8 Å². The Hall–Kier alpha value is -3.24. The molecule has 0 atom stereocenters. The van der Waals surface area contributed by atoms with E-state index in [1.165, 1.54) is 6.08 Å². The van der Waals surface area contributed by atoms with Crippen LogP contribution in [0, 0.1) is 21.7 Å². The minimum atomic E-state index is -0.154. The van der Waals surface area contributed by atoms with Crippen LogP contribution in [0.25, 0.3) is 0 Å². The lowest BCUT2D eigenvalue weighted by atomic mass is 9.96. The van der Waals surface area contributed by atoms with Gasteiger partial charge in [-0.15, -0.1) is 0 Å². The van der Waals surface area contributed by atoms with Crippen molar-refractivity contribution in [3.05, 3.63) is 48.6 Å². The molecule has 0 saturated heterocycles. The molecule has 10 heteroatoms. The van der Waals surface area contributed by atoms with E-state index in [4.69, 9.17) is 9.84 Å². The zero-order valence-electron chi connectivity index (χ0n) is 32.9. The fourth-order valence-electron chi connectivity index (χ4n) is 2.50. The van der Waals surface area contributed by atoms with Crippen LogP contribution < -0.4 is 16.0 Å². The van der Waals surface area contributed by atoms with Gasteiger partial charge in [0.2, 0.25) is 23.6 Å². The van der Waals surface area contributed by atoms with Crippen molar-refractivity contribution in [1.82, 2.24) is 20.9 Å². The first-order chi connectivity index (χ1) is 21.7. The van der Waals surface area contributed by atoms with Gasteiger partial charge in [0.1, 0.15) is 0 Å². The van der Waals surface area contributed by atoms with Gasteiger partial charge in [0.25, 0.3) is 0 Å². The van der Waals surface area contributed by atoms with Crippen molar-refractivity contribution in [2.75, 3.05) is 47.5 Å². The maximum absolute atomic E-state index is 11.1. The molecule has 1 fully saturated rings. The monoisotopic (exact) mass is 679 g/mol. The fourth-order valence-corrected chi connectivity index (χ4v) is 2.50. The smallest absolute Gasteiger partial charge is 0.245 e. The molecule has 0 aromatic heterocycles. The lowest BCUT2D eigenvalue weighted by molar-refractivity contribution is -0.123. The quantitative estimate of drug-likeness (QED) is 0.176. The first-order valence-corrected chi connectivity index (χ1v) is 16.7. The van der Waals surface area contributed by atoms with Crippen LogP contribution in [0.15, 0.2) is 48.6 Å². The number of nitrogens with one attached hydrogen (secondary N) is 3. The number of likely N-dealkylation sites (N-methyl/N-ethyl adjacent to an activating group) is 1. The molecule has 0 aromatic rings. The second kappa shape index (κ2) is 24.8. The highest BCUT2D eigenvalue weighted by Crippen LogP contribution is 2.19. The van der Waals surface area contributed by atoms with Gasteiger partial charge in [-0.1, -0.05) is 107 Å². The largest absolute Gasteiger partial charge is 0.395 e. The zero-order chi connectivity index (χ0) is 38.2. The van der Waals surface area contributed by atoms with Gasteiger partial charge in [-0.25, -0.2) is 0 Å². The Labute approximate surface area is 292 Å². The number of hydrogen-bond donors (Lipinski definition) is 4. The molecule has 0 spiro atoms. The molecule has 0 aromatic carbocycles. The SMILES string of the molecule is CC(C)(C)/C=C/C(=O)NC1CC1.CC(C)(C)/C=C/C(=O)NCCO.CN(C)C(=O)/C=C/C(C)(C)C.COCCNC(=O)/C=C/C(C)(C)C. The summed E-state index contributed by atoms with van der Waals surface area (Å²) in [6.45, 7) is 26.0. The number of aliphatic hydroxyl groups is 1. The Bertz CT molecular complexity index is 1040. The lowest BCUT2D eigenvalue weighted by Gasteiger charge is -2.12. The second-order valence-corrected chi connectivity index (χ2v) is 16.1. The topological polar surface area (TPSA) is 137 Å². The van der Waals surface area contributed by atoms with Crippen molar-refractivity contribution in [1.29, 1.82) is 0 Å². The minimum absolute atomic E-state index is 0.0188. The second-order valence-electron chi connectivity index (χ2n) is 16.1. The summed E-state index contributed by atoms with van der Waals surface area (Å²) in [7, 11) is 5.10. The molecule has 1 aliphatic rings. The molecule has 1 saturated carbocycles. The van der Waals surface area contributed by atoms with Crippen molar-refractivity contribution in [3.8, 4) is 0 Å². The van der Waals surface area contributed by atoms with E-state index in [0.29, 0.717) is 25.7 Å². The third-order valence-corrected chi connectivity index (χ3v) is 5.31. The normalized spacial score (nSPS) is 13.6. The van der Waals surface area contributed by atoms with Crippen molar-refractivity contribution >= 4 is 23.6 Å². The number of rotatable bonds is 10. The summed E-state index contributed by atoms with van der Waals surface area (Å²) in [5.41, 5.74) is 0.266. The fraction of sp³-hybridized carbons (Fsp3) is 0.684. The average Bonchev–Trinajstić information content (AvgIpc) is 3.75. The summed E-state index contributed by atoms with van der Waals surface area (Å²) in [5, 5.41) is 16.5. The summed E-state index contributed by atoms with van der Waals surface area (Å²) in [6.07, 6.45) is 16.2. The molecule has 1 rings (SSSR count). The molecule has 4 N–H and O–H groups in total. The molecule has 0 bridgehead atoms. The Morgan fingerprint density at radius 1 is 0.646 bits per heavy atom. The van der Waals surface area contributed by atoms with Gasteiger partial charge in [0, 0.05) is 40.3 Å². The van der Waals surface area contributed by atoms with E-state index >= 15 is 0 Å². The van der Waals surface area contributed by atoms with Gasteiger partial charge in [0.15, 0.2) is 0 Å². The number of amides is 4. The highest BCUT2D eigenvalue weighted by Gasteiger charge is 2.22. The predicted octanol–water partition coefficient (Wildman–Crippen LogP) is 5.59. The molecule has 48 heavy (non-hydrogen) atoms. The number of methoxy groups -OCH3 is 1. The highest BCUT2D eigenvalue weighted by atomic mass is 16.5. The minimum Gasteiger partial charge on any atom is -0.395 e. The summed E-state index contributed by atoms with van der Waals surface area (Å²) in [4.78, 5) is 45.8. The third kappa shape index (κ3) is 44.9. The first kappa shape index (κ1) is 49.2. The van der Waals surface area contributed by atoms with Crippen molar-refractivity contribution in [3.63, 3.8) is 0 Å². The molecule has 1 aliphatic carbocycles. The molecule has 0 unspecified atom stereocenters. The van der Waals surface area contributed by atoms with Gasteiger partial charge >= 0.3 is 0 Å². The number of nitrogens with zero attached hydrogens (tertiary/aromatic N) is 1. The summed E-state index contributed by atoms with van der Waals surface area (Å²) >= 11 is 0. The number of ether oxygens (including phenoxy) is 1. The molecule has 10 nitrogen and oxygen atoms in total. The van der Waals surface area contributed by atoms with E-state index in [2.05, 4.69) is 57.5 Å². The van der Waals surface area contributed by atoms with Crippen LogP contribution >= 0.6 is 0 Å². The van der Waals surface area contributed by atoms with Crippen LogP contribution in [0.4, 0.5) is 0 Å². The van der Waals surface area contributed by atoms with E-state index < -0.39 is 0 Å². The summed E-state index contributed by atoms with van der Waals surface area (Å²) in [6, 6.07) is 0.460. The van der Waals surface area contributed by atoms with Gasteiger partial charge in [0.05, 0.1) is 13.2 Å². The number of allylic oxidation sites excluding steroid dienone is 4. The average molecular weight is 679 g/mol. The van der Waals surface area contributed by atoms with E-state index in [-0.39, 0.29) is 51.9 Å². The number of hydrogen-bond acceptors (Lipinski definition) is 6. The van der Waals surface area contributed by atoms with E-state index in [9.17, 15) is 19.2 Å². The van der Waals surface area contributed by atoms with E-state index in [1.54, 1.807) is 44.3 Å². The number of carbonyl (C=O) groups excluding carboxylic acids is 4. The lowest BCUT2D eigenvalue weighted by Crippen LogP contribution is -2.25. The zero-order valence-corrected chi connectivity index (χ0v) is 32.9. The molecule has 278 valence electrons. The first-order valence-electron chi connectivity index (χ1n) is 16.7. The summed E-state index contributed by atoms with van der Waals surface area (Å²) < 4.78 is 4.80. The van der Waals surface area contributed by atoms with Gasteiger partial charge in [-0.3, -0.25) is 19.2 Å². The molecular weight excluding hydrogens is 608 g/mol. The molecule has 0 aliphatic heterocycles. The summed E-state index contributed by atoms with van der Waals surface area (Å²) in [5.74, 6) is -0.127. The maximum atomic E-state index is 11.1.